The summed E-state index contributed by atoms with van der Waals surface area (Å²) in [7, 11) is 0. The minimum Gasteiger partial charge on any atom is -0.489 e. The van der Waals surface area contributed by atoms with Crippen molar-refractivity contribution in [1.29, 1.82) is 5.26 Å². The molecule has 0 fully saturated rings. The molecule has 5 nitrogen and oxygen atoms in total. The molecule has 3 aromatic carbocycles. The molecule has 3 aromatic rings. The van der Waals surface area contributed by atoms with Crippen molar-refractivity contribution >= 4 is 17.7 Å². The molecule has 0 aliphatic carbocycles. The van der Waals surface area contributed by atoms with Gasteiger partial charge in [0, 0.05) is 17.8 Å². The average Bonchev–Trinajstić information content (AvgIpc) is 2.76. The zero-order valence-electron chi connectivity index (χ0n) is 16.0. The molecule has 150 valence electrons. The molecule has 1 N–H and O–H groups in total. The van der Waals surface area contributed by atoms with Crippen LogP contribution in [0, 0.1) is 17.1 Å². The zero-order chi connectivity index (χ0) is 21.2. The summed E-state index contributed by atoms with van der Waals surface area (Å²) in [6.07, 6.45) is 3.11. The molecule has 6 heteroatoms. The van der Waals surface area contributed by atoms with Crippen molar-refractivity contribution in [2.24, 2.45) is 0 Å². The van der Waals surface area contributed by atoms with Crippen LogP contribution in [0.5, 0.6) is 11.5 Å². The number of benzene rings is 3. The summed E-state index contributed by atoms with van der Waals surface area (Å²) in [5.74, 6) is 0.402. The first-order valence-electron chi connectivity index (χ1n) is 9.18. The number of carbonyl (C=O) groups is 1. The van der Waals surface area contributed by atoms with Crippen molar-refractivity contribution in [2.75, 3.05) is 11.9 Å². The molecule has 3 rings (SSSR count). The van der Waals surface area contributed by atoms with Crippen LogP contribution in [-0.2, 0) is 11.4 Å². The maximum Gasteiger partial charge on any atom is 0.248 e. The van der Waals surface area contributed by atoms with E-state index < -0.39 is 0 Å². The predicted molar refractivity (Wildman–Crippen MR) is 112 cm³/mol. The van der Waals surface area contributed by atoms with E-state index in [0.717, 1.165) is 11.1 Å². The van der Waals surface area contributed by atoms with Crippen LogP contribution < -0.4 is 14.8 Å². The Bertz CT molecular complexity index is 1070. The van der Waals surface area contributed by atoms with Crippen LogP contribution in [0.2, 0.25) is 0 Å². The van der Waals surface area contributed by atoms with Gasteiger partial charge in [-0.05, 0) is 53.6 Å². The van der Waals surface area contributed by atoms with E-state index in [0.29, 0.717) is 17.2 Å². The molecule has 0 aromatic heterocycles. The lowest BCUT2D eigenvalue weighted by Crippen LogP contribution is -2.08. The number of halogens is 1. The largest absolute Gasteiger partial charge is 0.489 e. The number of hydrogen-bond acceptors (Lipinski definition) is 4. The topological polar surface area (TPSA) is 71.3 Å². The van der Waals surface area contributed by atoms with Gasteiger partial charge in [-0.1, -0.05) is 30.3 Å². The molecule has 0 atom stereocenters. The summed E-state index contributed by atoms with van der Waals surface area (Å²) in [5, 5.41) is 11.3. The summed E-state index contributed by atoms with van der Waals surface area (Å²) >= 11 is 0. The van der Waals surface area contributed by atoms with Gasteiger partial charge >= 0.3 is 0 Å². The summed E-state index contributed by atoms with van der Waals surface area (Å²) in [4.78, 5) is 12.2. The van der Waals surface area contributed by atoms with E-state index in [1.165, 1.54) is 18.2 Å². The van der Waals surface area contributed by atoms with E-state index in [1.807, 2.05) is 18.2 Å². The summed E-state index contributed by atoms with van der Waals surface area (Å²) in [5.41, 5.74) is 2.30. The molecular weight excluding hydrogens is 383 g/mol. The van der Waals surface area contributed by atoms with Crippen LogP contribution in [0.4, 0.5) is 10.1 Å². The highest BCUT2D eigenvalue weighted by Crippen LogP contribution is 2.17. The van der Waals surface area contributed by atoms with Crippen LogP contribution in [-0.4, -0.2) is 12.5 Å². The van der Waals surface area contributed by atoms with Gasteiger partial charge in [0.05, 0.1) is 0 Å². The first-order chi connectivity index (χ1) is 14.6. The summed E-state index contributed by atoms with van der Waals surface area (Å²) < 4.78 is 24.0. The monoisotopic (exact) mass is 402 g/mol. The fourth-order valence-electron chi connectivity index (χ4n) is 2.61. The maximum atomic E-state index is 13.2. The SMILES string of the molecule is N#CCOc1ccc(/C=C/C(=O)Nc2cccc(COc3cccc(F)c3)c2)cc1. The third-order valence-electron chi connectivity index (χ3n) is 4.01. The number of hydrogen-bond donors (Lipinski definition) is 1. The van der Waals surface area contributed by atoms with E-state index >= 15 is 0 Å². The minimum atomic E-state index is -0.357. The number of carbonyl (C=O) groups excluding carboxylic acids is 1. The average molecular weight is 402 g/mol. The van der Waals surface area contributed by atoms with E-state index in [9.17, 15) is 9.18 Å². The Morgan fingerprint density at radius 2 is 1.80 bits per heavy atom. The zero-order valence-corrected chi connectivity index (χ0v) is 16.0. The van der Waals surface area contributed by atoms with Crippen molar-refractivity contribution in [2.45, 2.75) is 6.61 Å². The molecule has 0 unspecified atom stereocenters. The first-order valence-corrected chi connectivity index (χ1v) is 9.18. The third-order valence-corrected chi connectivity index (χ3v) is 4.01. The summed E-state index contributed by atoms with van der Waals surface area (Å²) in [6.45, 7) is 0.243. The highest BCUT2D eigenvalue weighted by atomic mass is 19.1. The second-order valence-corrected chi connectivity index (χ2v) is 6.28. The molecule has 0 spiro atoms. The van der Waals surface area contributed by atoms with Gasteiger partial charge in [-0.3, -0.25) is 4.79 Å². The fourth-order valence-corrected chi connectivity index (χ4v) is 2.61. The maximum absolute atomic E-state index is 13.2. The fraction of sp³-hybridized carbons (Fsp3) is 0.0833. The van der Waals surface area contributed by atoms with Gasteiger partial charge in [-0.25, -0.2) is 4.39 Å². The Morgan fingerprint density at radius 3 is 2.57 bits per heavy atom. The first kappa shape index (κ1) is 20.6. The van der Waals surface area contributed by atoms with Gasteiger partial charge in [0.25, 0.3) is 0 Å². The molecule has 30 heavy (non-hydrogen) atoms. The van der Waals surface area contributed by atoms with Gasteiger partial charge in [-0.2, -0.15) is 5.26 Å². The normalized spacial score (nSPS) is 10.4. The Labute approximate surface area is 174 Å². The number of amides is 1. The highest BCUT2D eigenvalue weighted by Gasteiger charge is 2.02. The van der Waals surface area contributed by atoms with E-state index in [4.69, 9.17) is 14.7 Å². The lowest BCUT2D eigenvalue weighted by molar-refractivity contribution is -0.111. The Kier molecular flexibility index (Phi) is 7.17. The quantitative estimate of drug-likeness (QED) is 0.541. The molecule has 0 heterocycles. The lowest BCUT2D eigenvalue weighted by atomic mass is 10.2. The van der Waals surface area contributed by atoms with Crippen LogP contribution in [0.15, 0.2) is 78.9 Å². The molecule has 1 amide bonds. The molecule has 0 saturated heterocycles. The van der Waals surface area contributed by atoms with Gasteiger partial charge < -0.3 is 14.8 Å². The Hall–Kier alpha value is -4.11. The lowest BCUT2D eigenvalue weighted by Gasteiger charge is -2.08. The van der Waals surface area contributed by atoms with Crippen molar-refractivity contribution < 1.29 is 18.7 Å². The Morgan fingerprint density at radius 1 is 1.00 bits per heavy atom. The van der Waals surface area contributed by atoms with Gasteiger partial charge in [-0.15, -0.1) is 0 Å². The molecule has 0 aliphatic rings. The van der Waals surface area contributed by atoms with Gasteiger partial charge in [0.15, 0.2) is 6.61 Å². The molecule has 0 saturated carbocycles. The number of nitriles is 1. The Balaban J connectivity index is 1.54. The highest BCUT2D eigenvalue weighted by molar-refractivity contribution is 6.01. The summed E-state index contributed by atoms with van der Waals surface area (Å²) in [6, 6.07) is 22.1. The van der Waals surface area contributed by atoms with Crippen molar-refractivity contribution in [3.8, 4) is 17.6 Å². The predicted octanol–water partition coefficient (Wildman–Crippen LogP) is 4.96. The van der Waals surface area contributed by atoms with E-state index in [2.05, 4.69) is 5.32 Å². The molecule has 0 bridgehead atoms. The molecular formula is C24H19FN2O3. The number of ether oxygens (including phenoxy) is 2. The molecule has 0 radical (unpaired) electrons. The smallest absolute Gasteiger partial charge is 0.248 e. The molecule has 0 aliphatic heterocycles. The second kappa shape index (κ2) is 10.4. The van der Waals surface area contributed by atoms with E-state index in [1.54, 1.807) is 54.6 Å². The van der Waals surface area contributed by atoms with Crippen molar-refractivity contribution in [1.82, 2.24) is 0 Å². The second-order valence-electron chi connectivity index (χ2n) is 6.28. The van der Waals surface area contributed by atoms with E-state index in [-0.39, 0.29) is 24.9 Å². The van der Waals surface area contributed by atoms with Gasteiger partial charge in [0.1, 0.15) is 30.0 Å². The van der Waals surface area contributed by atoms with Crippen LogP contribution in [0.3, 0.4) is 0 Å². The number of nitrogens with one attached hydrogen (secondary N) is 1. The van der Waals surface area contributed by atoms with Gasteiger partial charge in [0.2, 0.25) is 5.91 Å². The van der Waals surface area contributed by atoms with Crippen LogP contribution in [0.25, 0.3) is 6.08 Å². The van der Waals surface area contributed by atoms with Crippen LogP contribution in [0.1, 0.15) is 11.1 Å². The number of rotatable bonds is 8. The number of nitrogens with zero attached hydrogens (tertiary/aromatic N) is 1. The standard InChI is InChI=1S/C24H19FN2O3/c25-20-4-2-6-23(16-20)30-17-19-3-1-5-21(15-19)27-24(28)12-9-18-7-10-22(11-8-18)29-14-13-26/h1-12,15-16H,14,17H2,(H,27,28)/b12-9+. The third kappa shape index (κ3) is 6.50. The number of anilines is 1. The van der Waals surface area contributed by atoms with Crippen LogP contribution >= 0.6 is 0 Å². The van der Waals surface area contributed by atoms with Crippen molar-refractivity contribution in [3.05, 3.63) is 95.8 Å². The minimum absolute atomic E-state index is 0.00999. The van der Waals surface area contributed by atoms with Crippen molar-refractivity contribution in [3.63, 3.8) is 0 Å².